The first-order valence-corrected chi connectivity index (χ1v) is 8.74. The van der Waals surface area contributed by atoms with Crippen molar-refractivity contribution in [2.24, 2.45) is 0 Å². The summed E-state index contributed by atoms with van der Waals surface area (Å²) < 4.78 is 38.6. The number of nitrogens with one attached hydrogen (secondary N) is 1. The van der Waals surface area contributed by atoms with E-state index in [9.17, 15) is 13.2 Å². The van der Waals surface area contributed by atoms with Gasteiger partial charge in [0.1, 0.15) is 0 Å². The van der Waals surface area contributed by atoms with Crippen LogP contribution in [-0.4, -0.2) is 6.04 Å². The van der Waals surface area contributed by atoms with Crippen molar-refractivity contribution in [3.8, 4) is 0 Å². The van der Waals surface area contributed by atoms with E-state index in [2.05, 4.69) is 36.5 Å². The lowest BCUT2D eigenvalue weighted by atomic mass is 9.98. The van der Waals surface area contributed by atoms with Gasteiger partial charge in [0, 0.05) is 12.1 Å². The molecule has 1 unspecified atom stereocenters. The molecule has 0 aliphatic heterocycles. The Balaban J connectivity index is 1.73. The van der Waals surface area contributed by atoms with Gasteiger partial charge in [-0.3, -0.25) is 0 Å². The molecule has 0 saturated heterocycles. The van der Waals surface area contributed by atoms with E-state index < -0.39 is 11.7 Å². The molecule has 3 aromatic carbocycles. The normalized spacial score (nSPS) is 14.3. The van der Waals surface area contributed by atoms with Gasteiger partial charge in [-0.05, 0) is 48.2 Å². The molecule has 0 aliphatic rings. The number of rotatable bonds is 5. The van der Waals surface area contributed by atoms with Crippen molar-refractivity contribution < 1.29 is 13.2 Å². The van der Waals surface area contributed by atoms with Crippen molar-refractivity contribution in [1.29, 1.82) is 0 Å². The fraction of sp³-hybridized carbons (Fsp3) is 0.273. The van der Waals surface area contributed by atoms with Crippen LogP contribution < -0.4 is 5.32 Å². The highest BCUT2D eigenvalue weighted by molar-refractivity contribution is 5.86. The molecule has 0 radical (unpaired) electrons. The summed E-state index contributed by atoms with van der Waals surface area (Å²) in [6.07, 6.45) is -3.76. The minimum Gasteiger partial charge on any atom is -0.307 e. The first-order chi connectivity index (χ1) is 12.3. The highest BCUT2D eigenvalue weighted by Gasteiger charge is 2.30. The molecule has 3 aromatic rings. The van der Waals surface area contributed by atoms with Crippen molar-refractivity contribution in [1.82, 2.24) is 5.32 Å². The summed E-state index contributed by atoms with van der Waals surface area (Å²) in [6.45, 7) is 4.09. The van der Waals surface area contributed by atoms with Crippen molar-refractivity contribution in [3.05, 3.63) is 83.4 Å². The Morgan fingerprint density at radius 3 is 2.35 bits per heavy atom. The Bertz CT molecular complexity index is 880. The number of hydrogen-bond acceptors (Lipinski definition) is 1. The highest BCUT2D eigenvalue weighted by atomic mass is 19.4. The Labute approximate surface area is 151 Å². The van der Waals surface area contributed by atoms with Crippen LogP contribution in [0.1, 0.15) is 36.6 Å². The second kappa shape index (κ2) is 7.50. The molecule has 136 valence electrons. The molecule has 2 atom stereocenters. The minimum absolute atomic E-state index is 0.0486. The fourth-order valence-electron chi connectivity index (χ4n) is 3.43. The van der Waals surface area contributed by atoms with Crippen LogP contribution in [0.5, 0.6) is 0 Å². The summed E-state index contributed by atoms with van der Waals surface area (Å²) in [5.74, 6) is 0. The van der Waals surface area contributed by atoms with Crippen molar-refractivity contribution in [3.63, 3.8) is 0 Å². The van der Waals surface area contributed by atoms with Gasteiger partial charge in [0.25, 0.3) is 0 Å². The lowest BCUT2D eigenvalue weighted by Crippen LogP contribution is -2.30. The maximum absolute atomic E-state index is 12.9. The highest BCUT2D eigenvalue weighted by Crippen LogP contribution is 2.30. The van der Waals surface area contributed by atoms with E-state index in [1.165, 1.54) is 28.5 Å². The van der Waals surface area contributed by atoms with Gasteiger partial charge in [0.05, 0.1) is 5.56 Å². The SMILES string of the molecule is CC(Cc1cccc(C(F)(F)F)c1)N[C@H](C)c1cccc2ccccc12. The molecule has 0 spiro atoms. The van der Waals surface area contributed by atoms with Crippen LogP contribution in [0.4, 0.5) is 13.2 Å². The van der Waals surface area contributed by atoms with Crippen LogP contribution >= 0.6 is 0 Å². The number of benzene rings is 3. The third kappa shape index (κ3) is 4.25. The van der Waals surface area contributed by atoms with E-state index in [-0.39, 0.29) is 12.1 Å². The Hall–Kier alpha value is -2.33. The average Bonchev–Trinajstić information content (AvgIpc) is 2.60. The van der Waals surface area contributed by atoms with Gasteiger partial charge in [-0.25, -0.2) is 0 Å². The Kier molecular flexibility index (Phi) is 5.33. The minimum atomic E-state index is -4.30. The van der Waals surface area contributed by atoms with Crippen LogP contribution in [-0.2, 0) is 12.6 Å². The largest absolute Gasteiger partial charge is 0.416 e. The fourth-order valence-corrected chi connectivity index (χ4v) is 3.43. The summed E-state index contributed by atoms with van der Waals surface area (Å²) in [5, 5.41) is 5.89. The van der Waals surface area contributed by atoms with Crippen LogP contribution in [0.3, 0.4) is 0 Å². The number of halogens is 3. The second-order valence-electron chi connectivity index (χ2n) is 6.76. The first kappa shape index (κ1) is 18.5. The summed E-state index contributed by atoms with van der Waals surface area (Å²) in [7, 11) is 0. The molecule has 0 amide bonds. The van der Waals surface area contributed by atoms with Gasteiger partial charge in [0.2, 0.25) is 0 Å². The summed E-state index contributed by atoms with van der Waals surface area (Å²) in [5.41, 5.74) is 1.29. The molecule has 0 aromatic heterocycles. The van der Waals surface area contributed by atoms with Gasteiger partial charge >= 0.3 is 6.18 Å². The van der Waals surface area contributed by atoms with Crippen LogP contribution in [0, 0.1) is 0 Å². The molecule has 1 nitrogen and oxygen atoms in total. The summed E-state index contributed by atoms with van der Waals surface area (Å²) >= 11 is 0. The van der Waals surface area contributed by atoms with Gasteiger partial charge in [-0.1, -0.05) is 60.7 Å². The Morgan fingerprint density at radius 1 is 0.885 bits per heavy atom. The van der Waals surface area contributed by atoms with Crippen LogP contribution in [0.25, 0.3) is 10.8 Å². The van der Waals surface area contributed by atoms with Crippen molar-refractivity contribution in [2.45, 2.75) is 38.5 Å². The smallest absolute Gasteiger partial charge is 0.307 e. The van der Waals surface area contributed by atoms with E-state index >= 15 is 0 Å². The van der Waals surface area contributed by atoms with Crippen LogP contribution in [0.15, 0.2) is 66.7 Å². The number of alkyl halides is 3. The zero-order valence-corrected chi connectivity index (χ0v) is 14.8. The third-order valence-electron chi connectivity index (χ3n) is 4.62. The molecule has 0 aliphatic carbocycles. The average molecular weight is 357 g/mol. The Morgan fingerprint density at radius 2 is 1.58 bits per heavy atom. The molecular weight excluding hydrogens is 335 g/mol. The molecule has 0 heterocycles. The van der Waals surface area contributed by atoms with E-state index in [1.54, 1.807) is 6.07 Å². The third-order valence-corrected chi connectivity index (χ3v) is 4.62. The maximum atomic E-state index is 12.9. The molecule has 0 bridgehead atoms. The zero-order valence-electron chi connectivity index (χ0n) is 14.8. The standard InChI is InChI=1S/C22H22F3N/c1-15(13-17-7-5-10-19(14-17)22(23,24)25)26-16(2)20-12-6-9-18-8-3-4-11-21(18)20/h3-12,14-16,26H,13H2,1-2H3/t15?,16-/m1/s1. The predicted molar refractivity (Wildman–Crippen MR) is 100 cm³/mol. The van der Waals surface area contributed by atoms with Gasteiger partial charge in [-0.2, -0.15) is 13.2 Å². The number of hydrogen-bond donors (Lipinski definition) is 1. The van der Waals surface area contributed by atoms with Gasteiger partial charge < -0.3 is 5.32 Å². The van der Waals surface area contributed by atoms with E-state index in [4.69, 9.17) is 0 Å². The van der Waals surface area contributed by atoms with Crippen molar-refractivity contribution >= 4 is 10.8 Å². The van der Waals surface area contributed by atoms with Gasteiger partial charge in [0.15, 0.2) is 0 Å². The molecular formula is C22H22F3N. The van der Waals surface area contributed by atoms with Crippen molar-refractivity contribution in [2.75, 3.05) is 0 Å². The molecule has 26 heavy (non-hydrogen) atoms. The first-order valence-electron chi connectivity index (χ1n) is 8.74. The molecule has 0 saturated carbocycles. The second-order valence-corrected chi connectivity index (χ2v) is 6.76. The maximum Gasteiger partial charge on any atom is 0.416 e. The summed E-state index contributed by atoms with van der Waals surface area (Å²) in [4.78, 5) is 0. The summed E-state index contributed by atoms with van der Waals surface area (Å²) in [6, 6.07) is 20.1. The zero-order chi connectivity index (χ0) is 18.7. The van der Waals surface area contributed by atoms with E-state index in [1.807, 2.05) is 25.1 Å². The quantitative estimate of drug-likeness (QED) is 0.578. The van der Waals surface area contributed by atoms with E-state index in [0.29, 0.717) is 12.0 Å². The lowest BCUT2D eigenvalue weighted by molar-refractivity contribution is -0.137. The molecule has 1 N–H and O–H groups in total. The predicted octanol–water partition coefficient (Wildman–Crippen LogP) is 6.14. The monoisotopic (exact) mass is 357 g/mol. The molecule has 4 heteroatoms. The lowest BCUT2D eigenvalue weighted by Gasteiger charge is -2.22. The van der Waals surface area contributed by atoms with E-state index in [0.717, 1.165) is 6.07 Å². The number of fused-ring (bicyclic) bond motifs is 1. The topological polar surface area (TPSA) is 12.0 Å². The van der Waals surface area contributed by atoms with Crippen LogP contribution in [0.2, 0.25) is 0 Å². The molecule has 3 rings (SSSR count). The van der Waals surface area contributed by atoms with Gasteiger partial charge in [-0.15, -0.1) is 0 Å². The molecule has 0 fully saturated rings.